The molecular weight excluding hydrogens is 470 g/mol. The second-order valence-electron chi connectivity index (χ2n) is 8.71. The van der Waals surface area contributed by atoms with Gasteiger partial charge in [-0.25, -0.2) is 17.2 Å². The molecule has 0 unspecified atom stereocenters. The summed E-state index contributed by atoms with van der Waals surface area (Å²) in [7, 11) is -4.08. The number of rotatable bonds is 6. The maximum Gasteiger partial charge on any atom is 0.236 e. The molecule has 5 nitrogen and oxygen atoms in total. The van der Waals surface area contributed by atoms with Gasteiger partial charge in [0.05, 0.1) is 4.90 Å². The highest BCUT2D eigenvalue weighted by Crippen LogP contribution is 2.37. The van der Waals surface area contributed by atoms with E-state index in [1.54, 1.807) is 0 Å². The van der Waals surface area contributed by atoms with Crippen molar-refractivity contribution in [3.05, 3.63) is 96.1 Å². The first-order valence-corrected chi connectivity index (χ1v) is 12.9. The Morgan fingerprint density at radius 1 is 0.857 bits per heavy atom. The van der Waals surface area contributed by atoms with Crippen molar-refractivity contribution in [2.24, 2.45) is 5.92 Å². The Hall–Kier alpha value is -3.52. The fourth-order valence-electron chi connectivity index (χ4n) is 4.40. The van der Waals surface area contributed by atoms with Crippen molar-refractivity contribution in [3.63, 3.8) is 0 Å². The van der Waals surface area contributed by atoms with Crippen LogP contribution >= 0.6 is 0 Å². The third-order valence-electron chi connectivity index (χ3n) is 6.32. The van der Waals surface area contributed by atoms with Crippen LogP contribution in [-0.4, -0.2) is 26.5 Å². The van der Waals surface area contributed by atoms with Crippen molar-refractivity contribution >= 4 is 15.7 Å². The van der Waals surface area contributed by atoms with E-state index in [2.05, 4.69) is 17.1 Å². The van der Waals surface area contributed by atoms with Crippen molar-refractivity contribution in [1.82, 2.24) is 4.98 Å². The van der Waals surface area contributed by atoms with E-state index < -0.39 is 21.5 Å². The summed E-state index contributed by atoms with van der Waals surface area (Å²) in [4.78, 5) is 6.16. The van der Waals surface area contributed by atoms with Gasteiger partial charge >= 0.3 is 0 Å². The quantitative estimate of drug-likeness (QED) is 0.312. The van der Waals surface area contributed by atoms with Crippen LogP contribution in [0.15, 0.2) is 93.2 Å². The molecular formula is C27H24F2N2O3S. The Balaban J connectivity index is 1.46. The molecule has 5 rings (SSSR count). The summed E-state index contributed by atoms with van der Waals surface area (Å²) in [5.74, 6) is -0.221. The zero-order valence-corrected chi connectivity index (χ0v) is 19.7. The van der Waals surface area contributed by atoms with Gasteiger partial charge in [-0.2, -0.15) is 4.98 Å². The minimum absolute atomic E-state index is 0.0712. The Bertz CT molecular complexity index is 1400. The summed E-state index contributed by atoms with van der Waals surface area (Å²) in [6, 6.07) is 20.4. The van der Waals surface area contributed by atoms with E-state index in [9.17, 15) is 17.2 Å². The molecule has 0 radical (unpaired) electrons. The number of aromatic nitrogens is 1. The summed E-state index contributed by atoms with van der Waals surface area (Å²) in [6.07, 6.45) is 2.71. The molecule has 4 aromatic rings. The lowest BCUT2D eigenvalue weighted by Gasteiger charge is -2.32. The van der Waals surface area contributed by atoms with Crippen molar-refractivity contribution in [2.75, 3.05) is 18.0 Å². The predicted molar refractivity (Wildman–Crippen MR) is 129 cm³/mol. The van der Waals surface area contributed by atoms with Crippen LogP contribution < -0.4 is 4.90 Å². The number of sulfone groups is 1. The lowest BCUT2D eigenvalue weighted by molar-refractivity contribution is 0.387. The van der Waals surface area contributed by atoms with Gasteiger partial charge in [0.25, 0.3) is 0 Å². The van der Waals surface area contributed by atoms with Gasteiger partial charge in [0.15, 0.2) is 0 Å². The van der Waals surface area contributed by atoms with E-state index in [4.69, 9.17) is 4.42 Å². The first kappa shape index (κ1) is 23.2. The molecule has 0 saturated carbocycles. The molecule has 180 valence electrons. The number of hydrogen-bond acceptors (Lipinski definition) is 5. The number of piperidine rings is 1. The third kappa shape index (κ3) is 4.98. The molecule has 0 spiro atoms. The summed E-state index contributed by atoms with van der Waals surface area (Å²) in [5.41, 5.74) is 1.75. The van der Waals surface area contributed by atoms with Crippen LogP contribution in [0.1, 0.15) is 18.4 Å². The number of oxazole rings is 1. The lowest BCUT2D eigenvalue weighted by Crippen LogP contribution is -2.34. The molecule has 0 bridgehead atoms. The molecule has 1 fully saturated rings. The second-order valence-corrected chi connectivity index (χ2v) is 10.6. The van der Waals surface area contributed by atoms with Gasteiger partial charge in [-0.3, -0.25) is 0 Å². The molecule has 1 aliphatic rings. The van der Waals surface area contributed by atoms with Crippen LogP contribution in [0.4, 0.5) is 14.7 Å². The van der Waals surface area contributed by atoms with E-state index in [1.165, 1.54) is 42.0 Å². The number of benzene rings is 3. The normalized spacial score (nSPS) is 14.9. The second kappa shape index (κ2) is 9.62. The SMILES string of the molecule is O=S(=O)(c1ccc(F)cc1)c1nc(-c2ccc(F)cc2)oc1N1CCC(Cc2ccccc2)CC1. The smallest absolute Gasteiger partial charge is 0.236 e. The maximum atomic E-state index is 13.5. The van der Waals surface area contributed by atoms with Crippen LogP contribution in [0, 0.1) is 17.6 Å². The first-order chi connectivity index (χ1) is 16.9. The summed E-state index contributed by atoms with van der Waals surface area (Å²) in [5, 5.41) is -0.218. The highest BCUT2D eigenvalue weighted by molar-refractivity contribution is 7.91. The first-order valence-electron chi connectivity index (χ1n) is 11.5. The summed E-state index contributed by atoms with van der Waals surface area (Å²) >= 11 is 0. The number of halogens is 2. The molecule has 0 amide bonds. The third-order valence-corrected chi connectivity index (χ3v) is 7.99. The monoisotopic (exact) mass is 494 g/mol. The maximum absolute atomic E-state index is 13.5. The van der Waals surface area contributed by atoms with Crippen LogP contribution in [-0.2, 0) is 16.3 Å². The molecule has 1 saturated heterocycles. The van der Waals surface area contributed by atoms with Gasteiger partial charge in [0.1, 0.15) is 11.6 Å². The van der Waals surface area contributed by atoms with E-state index in [-0.39, 0.29) is 21.7 Å². The molecule has 0 aliphatic carbocycles. The average Bonchev–Trinajstić information content (AvgIpc) is 3.32. The van der Waals surface area contributed by atoms with Crippen LogP contribution in [0.3, 0.4) is 0 Å². The van der Waals surface area contributed by atoms with E-state index in [1.807, 2.05) is 23.1 Å². The largest absolute Gasteiger partial charge is 0.419 e. The molecule has 0 N–H and O–H groups in total. The van der Waals surface area contributed by atoms with Crippen molar-refractivity contribution in [2.45, 2.75) is 29.2 Å². The summed E-state index contributed by atoms with van der Waals surface area (Å²) in [6.45, 7) is 1.23. The van der Waals surface area contributed by atoms with Crippen molar-refractivity contribution in [3.8, 4) is 11.5 Å². The Morgan fingerprint density at radius 2 is 1.46 bits per heavy atom. The van der Waals surface area contributed by atoms with Gasteiger partial charge in [0.2, 0.25) is 26.6 Å². The van der Waals surface area contributed by atoms with E-state index >= 15 is 0 Å². The van der Waals surface area contributed by atoms with Crippen LogP contribution in [0.25, 0.3) is 11.5 Å². The zero-order chi connectivity index (χ0) is 24.4. The number of nitrogens with zero attached hydrogens (tertiary/aromatic N) is 2. The zero-order valence-electron chi connectivity index (χ0n) is 18.9. The Kier molecular flexibility index (Phi) is 6.38. The fraction of sp³-hybridized carbons (Fsp3) is 0.222. The topological polar surface area (TPSA) is 63.4 Å². The minimum Gasteiger partial charge on any atom is -0.419 e. The molecule has 8 heteroatoms. The molecule has 1 aromatic heterocycles. The number of hydrogen-bond donors (Lipinski definition) is 0. The minimum atomic E-state index is -4.08. The Morgan fingerprint density at radius 3 is 2.09 bits per heavy atom. The Labute approximate surface area is 203 Å². The molecule has 0 atom stereocenters. The molecule has 35 heavy (non-hydrogen) atoms. The van der Waals surface area contributed by atoms with Gasteiger partial charge < -0.3 is 9.32 Å². The van der Waals surface area contributed by atoms with Gasteiger partial charge in [-0.05, 0) is 79.3 Å². The van der Waals surface area contributed by atoms with Crippen molar-refractivity contribution < 1.29 is 21.6 Å². The highest BCUT2D eigenvalue weighted by Gasteiger charge is 2.33. The lowest BCUT2D eigenvalue weighted by atomic mass is 9.90. The van der Waals surface area contributed by atoms with Gasteiger partial charge in [0, 0.05) is 18.7 Å². The van der Waals surface area contributed by atoms with Crippen LogP contribution in [0.5, 0.6) is 0 Å². The molecule has 3 aromatic carbocycles. The van der Waals surface area contributed by atoms with E-state index in [0.29, 0.717) is 24.6 Å². The van der Waals surface area contributed by atoms with Crippen molar-refractivity contribution in [1.29, 1.82) is 0 Å². The van der Waals surface area contributed by atoms with Crippen LogP contribution in [0.2, 0.25) is 0 Å². The predicted octanol–water partition coefficient (Wildman–Crippen LogP) is 5.91. The average molecular weight is 495 g/mol. The number of anilines is 1. The van der Waals surface area contributed by atoms with E-state index in [0.717, 1.165) is 31.4 Å². The summed E-state index contributed by atoms with van der Waals surface area (Å²) < 4.78 is 59.8. The molecule has 2 heterocycles. The fourth-order valence-corrected chi connectivity index (χ4v) is 5.72. The van der Waals surface area contributed by atoms with Gasteiger partial charge in [-0.1, -0.05) is 30.3 Å². The standard InChI is InChI=1S/C27H24F2N2O3S/c28-22-8-6-21(7-9-22)25-30-26(35(32,33)24-12-10-23(29)11-13-24)27(34-25)31-16-14-20(15-17-31)18-19-4-2-1-3-5-19/h1-13,20H,14-18H2. The highest BCUT2D eigenvalue weighted by atomic mass is 32.2. The molecule has 1 aliphatic heterocycles. The van der Waals surface area contributed by atoms with Gasteiger partial charge in [-0.15, -0.1) is 0 Å².